The molecule has 4 rings (SSSR count). The van der Waals surface area contributed by atoms with E-state index in [2.05, 4.69) is 39.7 Å². The molecule has 0 radical (unpaired) electrons. The van der Waals surface area contributed by atoms with Crippen LogP contribution in [0, 0.1) is 0 Å². The normalized spacial score (nSPS) is 10.9. The molecule has 1 amide bonds. The largest absolute Gasteiger partial charge is 0.306 e. The van der Waals surface area contributed by atoms with Gasteiger partial charge < -0.3 is 5.32 Å². The number of anilines is 1. The van der Waals surface area contributed by atoms with Gasteiger partial charge in [-0.25, -0.2) is 0 Å². The maximum atomic E-state index is 12.2. The van der Waals surface area contributed by atoms with Crippen molar-refractivity contribution in [3.8, 4) is 11.1 Å². The molecular weight excluding hydrogens is 360 g/mol. The monoisotopic (exact) mass is 380 g/mol. The first-order chi connectivity index (χ1) is 14.3. The van der Waals surface area contributed by atoms with Crippen molar-refractivity contribution in [1.29, 1.82) is 0 Å². The van der Waals surface area contributed by atoms with Gasteiger partial charge in [0.2, 0.25) is 5.91 Å². The molecule has 142 valence electrons. The molecule has 0 spiro atoms. The van der Waals surface area contributed by atoms with E-state index < -0.39 is 0 Å². The van der Waals surface area contributed by atoms with Crippen LogP contribution in [-0.2, 0) is 11.3 Å². The summed E-state index contributed by atoms with van der Waals surface area (Å²) in [5.41, 5.74) is 4.13. The second kappa shape index (κ2) is 8.80. The lowest BCUT2D eigenvalue weighted by Crippen LogP contribution is -2.09. The Morgan fingerprint density at radius 2 is 1.76 bits per heavy atom. The number of carbonyl (C=O) groups excluding carboxylic acids is 1. The minimum Gasteiger partial charge on any atom is -0.306 e. The predicted molar refractivity (Wildman–Crippen MR) is 115 cm³/mol. The van der Waals surface area contributed by atoms with Gasteiger partial charge in [-0.2, -0.15) is 5.10 Å². The average molecular weight is 380 g/mol. The zero-order valence-corrected chi connectivity index (χ0v) is 15.8. The molecule has 4 aromatic rings. The summed E-state index contributed by atoms with van der Waals surface area (Å²) < 4.78 is 1.74. The van der Waals surface area contributed by atoms with Gasteiger partial charge in [0.25, 0.3) is 0 Å². The third kappa shape index (κ3) is 5.05. The second-order valence-corrected chi connectivity index (χ2v) is 6.53. The number of hydrogen-bond acceptors (Lipinski definition) is 3. The smallest absolute Gasteiger partial charge is 0.249 e. The summed E-state index contributed by atoms with van der Waals surface area (Å²) in [4.78, 5) is 16.5. The van der Waals surface area contributed by atoms with Crippen LogP contribution in [-0.4, -0.2) is 20.7 Å². The van der Waals surface area contributed by atoms with Crippen LogP contribution in [0.3, 0.4) is 0 Å². The van der Waals surface area contributed by atoms with Crippen molar-refractivity contribution in [3.05, 3.63) is 109 Å². The number of rotatable bonds is 6. The van der Waals surface area contributed by atoms with Crippen molar-refractivity contribution >= 4 is 17.8 Å². The van der Waals surface area contributed by atoms with Gasteiger partial charge in [0.15, 0.2) is 5.82 Å². The zero-order valence-electron chi connectivity index (χ0n) is 15.8. The van der Waals surface area contributed by atoms with E-state index >= 15 is 0 Å². The van der Waals surface area contributed by atoms with Gasteiger partial charge in [0.1, 0.15) is 0 Å². The van der Waals surface area contributed by atoms with Crippen LogP contribution in [0.2, 0.25) is 0 Å². The van der Waals surface area contributed by atoms with Crippen molar-refractivity contribution in [2.45, 2.75) is 6.54 Å². The van der Waals surface area contributed by atoms with E-state index in [1.54, 1.807) is 23.0 Å². The molecule has 2 heterocycles. The lowest BCUT2D eigenvalue weighted by molar-refractivity contribution is -0.111. The SMILES string of the molecule is O=C(/C=C/c1cccc(-c2ccccc2)c1)Nc1ccn(Cc2ccccn2)n1. The van der Waals surface area contributed by atoms with E-state index in [0.29, 0.717) is 12.4 Å². The summed E-state index contributed by atoms with van der Waals surface area (Å²) in [6.07, 6.45) is 6.88. The summed E-state index contributed by atoms with van der Waals surface area (Å²) >= 11 is 0. The summed E-state index contributed by atoms with van der Waals surface area (Å²) in [5, 5.41) is 7.15. The molecule has 2 aromatic carbocycles. The maximum Gasteiger partial charge on any atom is 0.249 e. The Kier molecular flexibility index (Phi) is 5.58. The van der Waals surface area contributed by atoms with Gasteiger partial charge in [-0.15, -0.1) is 0 Å². The molecule has 0 saturated heterocycles. The number of aromatic nitrogens is 3. The van der Waals surface area contributed by atoms with E-state index in [4.69, 9.17) is 0 Å². The first kappa shape index (κ1) is 18.4. The molecule has 1 N–H and O–H groups in total. The lowest BCUT2D eigenvalue weighted by atomic mass is 10.0. The number of amides is 1. The molecule has 5 heteroatoms. The number of hydrogen-bond donors (Lipinski definition) is 1. The molecule has 2 aromatic heterocycles. The molecular formula is C24H20N4O. The van der Waals surface area contributed by atoms with Crippen LogP contribution in [0.5, 0.6) is 0 Å². The van der Waals surface area contributed by atoms with E-state index in [9.17, 15) is 4.79 Å². The van der Waals surface area contributed by atoms with Crippen LogP contribution in [0.25, 0.3) is 17.2 Å². The van der Waals surface area contributed by atoms with Crippen molar-refractivity contribution in [1.82, 2.24) is 14.8 Å². The van der Waals surface area contributed by atoms with Crippen molar-refractivity contribution in [2.24, 2.45) is 0 Å². The van der Waals surface area contributed by atoms with E-state index in [-0.39, 0.29) is 5.91 Å². The third-order valence-electron chi connectivity index (χ3n) is 4.36. The van der Waals surface area contributed by atoms with Gasteiger partial charge in [-0.1, -0.05) is 54.6 Å². The summed E-state index contributed by atoms with van der Waals surface area (Å²) in [5.74, 6) is 0.284. The fraction of sp³-hybridized carbons (Fsp3) is 0.0417. The van der Waals surface area contributed by atoms with Crippen LogP contribution < -0.4 is 5.32 Å². The fourth-order valence-corrected chi connectivity index (χ4v) is 2.97. The predicted octanol–water partition coefficient (Wildman–Crippen LogP) is 4.65. The van der Waals surface area contributed by atoms with Crippen molar-refractivity contribution in [3.63, 3.8) is 0 Å². The van der Waals surface area contributed by atoms with E-state index in [1.807, 2.05) is 54.7 Å². The molecule has 0 aliphatic heterocycles. The Balaban J connectivity index is 1.38. The molecule has 0 atom stereocenters. The molecule has 0 bridgehead atoms. The van der Waals surface area contributed by atoms with Crippen LogP contribution in [0.1, 0.15) is 11.3 Å². The molecule has 0 unspecified atom stereocenters. The Morgan fingerprint density at radius 3 is 2.59 bits per heavy atom. The van der Waals surface area contributed by atoms with E-state index in [1.165, 1.54) is 6.08 Å². The van der Waals surface area contributed by atoms with Gasteiger partial charge in [0.05, 0.1) is 12.2 Å². The maximum absolute atomic E-state index is 12.2. The summed E-state index contributed by atoms with van der Waals surface area (Å²) in [6, 6.07) is 25.7. The highest BCUT2D eigenvalue weighted by molar-refractivity contribution is 6.01. The number of benzene rings is 2. The number of nitrogens with one attached hydrogen (secondary N) is 1. The minimum absolute atomic E-state index is 0.224. The zero-order chi connectivity index (χ0) is 19.9. The molecule has 0 aliphatic carbocycles. The number of carbonyl (C=O) groups is 1. The lowest BCUT2D eigenvalue weighted by Gasteiger charge is -2.03. The topological polar surface area (TPSA) is 59.8 Å². The van der Waals surface area contributed by atoms with Gasteiger partial charge >= 0.3 is 0 Å². The standard InChI is InChI=1S/C24H20N4O/c29-24(26-23-14-16-28(27-23)18-22-11-4-5-15-25-22)13-12-19-7-6-10-21(17-19)20-8-2-1-3-9-20/h1-17H,18H2,(H,26,27,29)/b13-12+. The van der Waals surface area contributed by atoms with Gasteiger partial charge in [-0.05, 0) is 41.0 Å². The third-order valence-corrected chi connectivity index (χ3v) is 4.36. The van der Waals surface area contributed by atoms with Crippen LogP contribution in [0.4, 0.5) is 5.82 Å². The van der Waals surface area contributed by atoms with Gasteiger partial charge in [-0.3, -0.25) is 14.5 Å². The highest BCUT2D eigenvalue weighted by Crippen LogP contribution is 2.20. The number of pyridine rings is 1. The van der Waals surface area contributed by atoms with E-state index in [0.717, 1.165) is 22.4 Å². The molecule has 29 heavy (non-hydrogen) atoms. The fourth-order valence-electron chi connectivity index (χ4n) is 2.97. The Labute approximate surface area is 169 Å². The Morgan fingerprint density at radius 1 is 0.931 bits per heavy atom. The van der Waals surface area contributed by atoms with Crippen molar-refractivity contribution in [2.75, 3.05) is 5.32 Å². The highest BCUT2D eigenvalue weighted by Gasteiger charge is 2.04. The Hall–Kier alpha value is -3.99. The average Bonchev–Trinajstić information content (AvgIpc) is 3.20. The molecule has 0 aliphatic rings. The Bertz CT molecular complexity index is 1120. The van der Waals surface area contributed by atoms with Crippen molar-refractivity contribution < 1.29 is 4.79 Å². The second-order valence-electron chi connectivity index (χ2n) is 6.53. The first-order valence-corrected chi connectivity index (χ1v) is 9.34. The molecule has 0 fully saturated rings. The summed E-state index contributed by atoms with van der Waals surface area (Å²) in [6.45, 7) is 0.554. The van der Waals surface area contributed by atoms with Gasteiger partial charge in [0, 0.05) is 24.5 Å². The summed E-state index contributed by atoms with van der Waals surface area (Å²) in [7, 11) is 0. The minimum atomic E-state index is -0.224. The van der Waals surface area contributed by atoms with Crippen LogP contribution in [0.15, 0.2) is 97.3 Å². The molecule has 5 nitrogen and oxygen atoms in total. The first-order valence-electron chi connectivity index (χ1n) is 9.34. The quantitative estimate of drug-likeness (QED) is 0.496. The van der Waals surface area contributed by atoms with Crippen LogP contribution >= 0.6 is 0 Å². The number of nitrogens with zero attached hydrogens (tertiary/aromatic N) is 3. The molecule has 0 saturated carbocycles. The highest BCUT2D eigenvalue weighted by atomic mass is 16.1.